The van der Waals surface area contributed by atoms with Gasteiger partial charge >= 0.3 is 0 Å². The van der Waals surface area contributed by atoms with Crippen molar-refractivity contribution in [3.05, 3.63) is 0 Å². The van der Waals surface area contributed by atoms with Crippen molar-refractivity contribution in [2.24, 2.45) is 0 Å². The van der Waals surface area contributed by atoms with Crippen LogP contribution < -0.4 is 0 Å². The molecule has 0 aromatic carbocycles. The van der Waals surface area contributed by atoms with Crippen LogP contribution in [0.4, 0.5) is 0 Å². The molecule has 0 heteroatoms. The van der Waals surface area contributed by atoms with E-state index in [9.17, 15) is 0 Å². The summed E-state index contributed by atoms with van der Waals surface area (Å²) in [4.78, 5) is 0. The van der Waals surface area contributed by atoms with Crippen LogP contribution in [0.15, 0.2) is 0 Å². The topological polar surface area (TPSA) is 0 Å². The molecule has 38 valence electrons. The maximum Gasteiger partial charge on any atom is 0 e. The highest BCUT2D eigenvalue weighted by Gasteiger charge is 1.41. The standard InChI is InChI=1S/C6H2.CH4.2H2/c1-3-5-6-4-2;;;/h1-2H;1H4;2*1H. The van der Waals surface area contributed by atoms with Gasteiger partial charge in [-0.2, -0.15) is 0 Å². The minimum atomic E-state index is 0. The molecule has 0 unspecified atom stereocenters. The van der Waals surface area contributed by atoms with Crippen LogP contribution in [0.5, 0.6) is 0 Å². The predicted octanol–water partition coefficient (Wildman–Crippen LogP) is 1.38. The Bertz CT molecular complexity index is 140. The Balaban J connectivity index is -0.0000000417. The van der Waals surface area contributed by atoms with Crippen molar-refractivity contribution in [3.8, 4) is 36.5 Å². The van der Waals surface area contributed by atoms with Gasteiger partial charge in [-0.1, -0.05) is 7.43 Å². The molecule has 0 spiro atoms. The molecule has 0 heterocycles. The zero-order chi connectivity index (χ0) is 4.83. The first-order chi connectivity index (χ1) is 2.91. The summed E-state index contributed by atoms with van der Waals surface area (Å²) < 4.78 is 0. The molecular weight excluding hydrogens is 84.1 g/mol. The molecular formula is C7H10. The van der Waals surface area contributed by atoms with E-state index >= 15 is 0 Å². The van der Waals surface area contributed by atoms with Gasteiger partial charge in [0.1, 0.15) is 0 Å². The lowest BCUT2D eigenvalue weighted by atomic mass is 10.6. The van der Waals surface area contributed by atoms with E-state index in [4.69, 9.17) is 12.8 Å². The predicted molar refractivity (Wildman–Crippen MR) is 36.4 cm³/mol. The number of hydrogen-bond donors (Lipinski definition) is 0. The molecule has 0 rings (SSSR count). The van der Waals surface area contributed by atoms with Crippen molar-refractivity contribution < 1.29 is 2.85 Å². The van der Waals surface area contributed by atoms with Gasteiger partial charge in [0.15, 0.2) is 0 Å². The third kappa shape index (κ3) is 11.9. The molecule has 0 aromatic rings. The van der Waals surface area contributed by atoms with Crippen LogP contribution in [0, 0.1) is 36.5 Å². The van der Waals surface area contributed by atoms with Crippen molar-refractivity contribution in [1.82, 2.24) is 0 Å². The fourth-order valence-corrected chi connectivity index (χ4v) is 0.0722. The lowest BCUT2D eigenvalue weighted by molar-refractivity contribution is 2.47. The van der Waals surface area contributed by atoms with Crippen LogP contribution in [0.1, 0.15) is 10.3 Å². The molecule has 0 bridgehead atoms. The summed E-state index contributed by atoms with van der Waals surface area (Å²) in [5, 5.41) is 0. The Morgan fingerprint density at radius 2 is 1.29 bits per heavy atom. The van der Waals surface area contributed by atoms with Gasteiger partial charge in [-0.3, -0.25) is 0 Å². The summed E-state index contributed by atoms with van der Waals surface area (Å²) >= 11 is 0. The number of hydrogen-bond acceptors (Lipinski definition) is 0. The summed E-state index contributed by atoms with van der Waals surface area (Å²) in [5.74, 6) is 8.61. The van der Waals surface area contributed by atoms with Crippen LogP contribution >= 0.6 is 0 Å². The van der Waals surface area contributed by atoms with Gasteiger partial charge in [-0.05, 0) is 23.7 Å². The van der Waals surface area contributed by atoms with E-state index in [0.717, 1.165) is 0 Å². The van der Waals surface area contributed by atoms with Crippen LogP contribution in [0.25, 0.3) is 0 Å². The second kappa shape index (κ2) is 8.82. The first-order valence-corrected chi connectivity index (χ1v) is 1.33. The van der Waals surface area contributed by atoms with Gasteiger partial charge in [-0.15, -0.1) is 12.8 Å². The van der Waals surface area contributed by atoms with E-state index in [-0.39, 0.29) is 10.3 Å². The molecule has 0 aromatic heterocycles. The summed E-state index contributed by atoms with van der Waals surface area (Å²) in [5.41, 5.74) is 0. The zero-order valence-corrected chi connectivity index (χ0v) is 3.15. The van der Waals surface area contributed by atoms with Gasteiger partial charge < -0.3 is 0 Å². The van der Waals surface area contributed by atoms with Crippen molar-refractivity contribution in [2.45, 2.75) is 7.43 Å². The van der Waals surface area contributed by atoms with Gasteiger partial charge in [0.2, 0.25) is 0 Å². The quantitative estimate of drug-likeness (QED) is 0.398. The molecule has 0 saturated heterocycles. The highest BCUT2D eigenvalue weighted by atomic mass is 13.4. The Morgan fingerprint density at radius 1 is 1.00 bits per heavy atom. The van der Waals surface area contributed by atoms with Crippen molar-refractivity contribution >= 4 is 0 Å². The maximum atomic E-state index is 4.70. The first kappa shape index (κ1) is 9.19. The molecule has 0 radical (unpaired) electrons. The fraction of sp³-hybridized carbons (Fsp3) is 0.143. The van der Waals surface area contributed by atoms with E-state index in [1.54, 1.807) is 0 Å². The highest BCUT2D eigenvalue weighted by molar-refractivity contribution is 5.31. The smallest absolute Gasteiger partial charge is 0 e. The average Bonchev–Trinajstić information content (AvgIpc) is 1.61. The highest BCUT2D eigenvalue weighted by Crippen LogP contribution is 1.42. The van der Waals surface area contributed by atoms with Crippen LogP contribution in [0.2, 0.25) is 0 Å². The minimum Gasteiger partial charge on any atom is -0.106 e. The fourth-order valence-electron chi connectivity index (χ4n) is 0.0722. The lowest BCUT2D eigenvalue weighted by Crippen LogP contribution is -1.42. The summed E-state index contributed by atoms with van der Waals surface area (Å²) in [6.07, 6.45) is 9.39. The van der Waals surface area contributed by atoms with Crippen LogP contribution in [0.3, 0.4) is 0 Å². The zero-order valence-electron chi connectivity index (χ0n) is 3.15. The SMILES string of the molecule is C.C#CC#CC#C.[HH].[HH]. The van der Waals surface area contributed by atoms with Crippen LogP contribution in [-0.2, 0) is 0 Å². The molecule has 0 atom stereocenters. The summed E-state index contributed by atoms with van der Waals surface area (Å²) in [6.45, 7) is 0. The third-order valence-corrected chi connectivity index (χ3v) is 0.207. The lowest BCUT2D eigenvalue weighted by Gasteiger charge is -1.43. The van der Waals surface area contributed by atoms with Crippen molar-refractivity contribution in [3.63, 3.8) is 0 Å². The minimum absolute atomic E-state index is 0. The van der Waals surface area contributed by atoms with Crippen molar-refractivity contribution in [2.75, 3.05) is 0 Å². The molecule has 7 heavy (non-hydrogen) atoms. The molecule has 0 amide bonds. The second-order valence-electron chi connectivity index (χ2n) is 0.539. The van der Waals surface area contributed by atoms with E-state index in [1.807, 2.05) is 0 Å². The molecule has 0 aliphatic heterocycles. The maximum absolute atomic E-state index is 4.70. The number of terminal acetylenes is 2. The molecule has 0 fully saturated rings. The van der Waals surface area contributed by atoms with E-state index < -0.39 is 0 Å². The van der Waals surface area contributed by atoms with E-state index in [1.165, 1.54) is 0 Å². The van der Waals surface area contributed by atoms with E-state index in [0.29, 0.717) is 0 Å². The molecule has 0 aliphatic carbocycles. The Morgan fingerprint density at radius 3 is 1.43 bits per heavy atom. The van der Waals surface area contributed by atoms with Gasteiger partial charge in [0.05, 0.1) is 0 Å². The molecule has 0 nitrogen and oxygen atoms in total. The first-order valence-electron chi connectivity index (χ1n) is 1.33. The molecule has 0 saturated carbocycles. The van der Waals surface area contributed by atoms with Crippen molar-refractivity contribution in [1.29, 1.82) is 0 Å². The largest absolute Gasteiger partial charge is 0.106 e. The third-order valence-electron chi connectivity index (χ3n) is 0.207. The van der Waals surface area contributed by atoms with Crippen LogP contribution in [-0.4, -0.2) is 0 Å². The van der Waals surface area contributed by atoms with Gasteiger partial charge in [-0.25, -0.2) is 0 Å². The molecule has 0 N–H and O–H groups in total. The number of rotatable bonds is 0. The Labute approximate surface area is 47.9 Å². The average molecular weight is 94.2 g/mol. The second-order valence-corrected chi connectivity index (χ2v) is 0.539. The summed E-state index contributed by atoms with van der Waals surface area (Å²) in [6, 6.07) is 0. The van der Waals surface area contributed by atoms with E-state index in [2.05, 4.69) is 23.7 Å². The monoisotopic (exact) mass is 94.1 g/mol. The van der Waals surface area contributed by atoms with Gasteiger partial charge in [0.25, 0.3) is 0 Å². The van der Waals surface area contributed by atoms with Gasteiger partial charge in [0, 0.05) is 2.85 Å². The Hall–Kier alpha value is -1.32. The molecule has 0 aliphatic rings. The normalized spacial score (nSPS) is 2.57. The Kier molecular flexibility index (Phi) is 11.6. The summed E-state index contributed by atoms with van der Waals surface area (Å²) in [7, 11) is 0.